The van der Waals surface area contributed by atoms with Gasteiger partial charge in [-0.15, -0.1) is 11.8 Å². The van der Waals surface area contributed by atoms with Crippen molar-refractivity contribution in [1.29, 1.82) is 0 Å². The maximum Gasteiger partial charge on any atom is 0.123 e. The molecule has 1 aliphatic heterocycles. The minimum Gasteiger partial charge on any atom is -0.489 e. The van der Waals surface area contributed by atoms with Crippen molar-refractivity contribution in [3.63, 3.8) is 0 Å². The van der Waals surface area contributed by atoms with Crippen LogP contribution < -0.4 is 10.5 Å². The highest BCUT2D eigenvalue weighted by atomic mass is 35.5. The van der Waals surface area contributed by atoms with Gasteiger partial charge in [0.2, 0.25) is 0 Å². The Balaban J connectivity index is 1.65. The molecule has 0 saturated heterocycles. The van der Waals surface area contributed by atoms with Gasteiger partial charge in [0.1, 0.15) is 11.9 Å². The van der Waals surface area contributed by atoms with Gasteiger partial charge in [0.25, 0.3) is 0 Å². The summed E-state index contributed by atoms with van der Waals surface area (Å²) in [6.45, 7) is 2.10. The third kappa shape index (κ3) is 2.89. The monoisotopic (exact) mass is 305 g/mol. The number of ether oxygens (including phenoxy) is 1. The second kappa shape index (κ2) is 5.58. The third-order valence-corrected chi connectivity index (χ3v) is 4.93. The summed E-state index contributed by atoms with van der Waals surface area (Å²) in [7, 11) is 0. The Morgan fingerprint density at radius 3 is 3.00 bits per heavy atom. The van der Waals surface area contributed by atoms with Crippen molar-refractivity contribution in [1.82, 2.24) is 0 Å². The smallest absolute Gasteiger partial charge is 0.123 e. The molecule has 0 bridgehead atoms. The first-order chi connectivity index (χ1) is 9.61. The van der Waals surface area contributed by atoms with E-state index in [1.54, 1.807) is 11.8 Å². The van der Waals surface area contributed by atoms with Crippen LogP contribution in [0.15, 0.2) is 41.3 Å². The van der Waals surface area contributed by atoms with Gasteiger partial charge in [-0.2, -0.15) is 0 Å². The lowest BCUT2D eigenvalue weighted by Crippen LogP contribution is -2.15. The molecule has 20 heavy (non-hydrogen) atoms. The molecule has 2 N–H and O–H groups in total. The highest BCUT2D eigenvalue weighted by Crippen LogP contribution is 2.34. The largest absolute Gasteiger partial charge is 0.489 e. The zero-order valence-corrected chi connectivity index (χ0v) is 12.8. The van der Waals surface area contributed by atoms with E-state index in [-0.39, 0.29) is 6.10 Å². The van der Waals surface area contributed by atoms with Crippen LogP contribution in [-0.2, 0) is 6.42 Å². The molecule has 1 aliphatic rings. The summed E-state index contributed by atoms with van der Waals surface area (Å²) < 4.78 is 5.94. The van der Waals surface area contributed by atoms with Crippen LogP contribution in [0.5, 0.6) is 5.75 Å². The van der Waals surface area contributed by atoms with Crippen molar-refractivity contribution in [3.8, 4) is 5.75 Å². The van der Waals surface area contributed by atoms with E-state index < -0.39 is 0 Å². The third-order valence-electron chi connectivity index (χ3n) is 3.40. The molecule has 1 unspecified atom stereocenters. The Labute approximate surface area is 128 Å². The fourth-order valence-corrected chi connectivity index (χ4v) is 3.60. The van der Waals surface area contributed by atoms with Gasteiger partial charge in [0, 0.05) is 27.8 Å². The molecular weight excluding hydrogens is 290 g/mol. The minimum atomic E-state index is 0.203. The van der Waals surface area contributed by atoms with Gasteiger partial charge in [-0.05, 0) is 48.4 Å². The SMILES string of the molecule is Cc1ccc(N)cc1SCC1Cc2cc(Cl)ccc2O1. The number of fused-ring (bicyclic) bond motifs is 1. The van der Waals surface area contributed by atoms with E-state index in [1.807, 2.05) is 30.3 Å². The van der Waals surface area contributed by atoms with Gasteiger partial charge >= 0.3 is 0 Å². The van der Waals surface area contributed by atoms with E-state index in [4.69, 9.17) is 22.1 Å². The molecule has 3 rings (SSSR count). The predicted molar refractivity (Wildman–Crippen MR) is 85.9 cm³/mol. The van der Waals surface area contributed by atoms with Crippen LogP contribution in [0.25, 0.3) is 0 Å². The second-order valence-corrected chi connectivity index (χ2v) is 6.53. The van der Waals surface area contributed by atoms with Crippen molar-refractivity contribution in [2.24, 2.45) is 0 Å². The number of halogens is 1. The molecule has 0 aliphatic carbocycles. The number of nitrogen functional groups attached to an aromatic ring is 1. The number of anilines is 1. The summed E-state index contributed by atoms with van der Waals surface area (Å²) in [6, 6.07) is 11.8. The maximum absolute atomic E-state index is 6.01. The van der Waals surface area contributed by atoms with Gasteiger partial charge in [0.15, 0.2) is 0 Å². The number of aryl methyl sites for hydroxylation is 1. The molecule has 2 aromatic rings. The molecule has 4 heteroatoms. The minimum absolute atomic E-state index is 0.203. The fourth-order valence-electron chi connectivity index (χ4n) is 2.34. The molecule has 104 valence electrons. The van der Waals surface area contributed by atoms with Crippen molar-refractivity contribution in [2.45, 2.75) is 24.3 Å². The lowest BCUT2D eigenvalue weighted by molar-refractivity contribution is 0.259. The first kappa shape index (κ1) is 13.7. The zero-order valence-electron chi connectivity index (χ0n) is 11.2. The molecule has 2 nitrogen and oxygen atoms in total. The highest BCUT2D eigenvalue weighted by Gasteiger charge is 2.23. The van der Waals surface area contributed by atoms with Crippen LogP contribution in [0, 0.1) is 6.92 Å². The van der Waals surface area contributed by atoms with Crippen molar-refractivity contribution < 1.29 is 4.74 Å². The number of hydrogen-bond acceptors (Lipinski definition) is 3. The first-order valence-electron chi connectivity index (χ1n) is 6.56. The molecule has 1 atom stereocenters. The van der Waals surface area contributed by atoms with Gasteiger partial charge < -0.3 is 10.5 Å². The Bertz CT molecular complexity index is 644. The van der Waals surface area contributed by atoms with Crippen molar-refractivity contribution in [2.75, 3.05) is 11.5 Å². The Hall–Kier alpha value is -1.32. The molecule has 2 aromatic carbocycles. The molecular formula is C16H16ClNOS. The first-order valence-corrected chi connectivity index (χ1v) is 7.92. The van der Waals surface area contributed by atoms with Crippen LogP contribution in [-0.4, -0.2) is 11.9 Å². The average molecular weight is 306 g/mol. The molecule has 0 spiro atoms. The Morgan fingerprint density at radius 2 is 2.15 bits per heavy atom. The van der Waals surface area contributed by atoms with E-state index in [1.165, 1.54) is 16.0 Å². The fraction of sp³-hybridized carbons (Fsp3) is 0.250. The summed E-state index contributed by atoms with van der Waals surface area (Å²) in [4.78, 5) is 1.22. The van der Waals surface area contributed by atoms with Gasteiger partial charge in [-0.1, -0.05) is 17.7 Å². The van der Waals surface area contributed by atoms with E-state index in [0.29, 0.717) is 0 Å². The summed E-state index contributed by atoms with van der Waals surface area (Å²) in [5, 5.41) is 0.771. The average Bonchev–Trinajstić information content (AvgIpc) is 2.81. The molecule has 0 radical (unpaired) electrons. The molecule has 0 fully saturated rings. The number of thioether (sulfide) groups is 1. The van der Waals surface area contributed by atoms with Crippen LogP contribution in [0.2, 0.25) is 5.02 Å². The molecule has 0 amide bonds. The van der Waals surface area contributed by atoms with E-state index in [2.05, 4.69) is 13.0 Å². The zero-order chi connectivity index (χ0) is 14.1. The quantitative estimate of drug-likeness (QED) is 0.677. The lowest BCUT2D eigenvalue weighted by Gasteiger charge is -2.12. The summed E-state index contributed by atoms with van der Waals surface area (Å²) in [5.41, 5.74) is 9.10. The lowest BCUT2D eigenvalue weighted by atomic mass is 10.1. The highest BCUT2D eigenvalue weighted by molar-refractivity contribution is 7.99. The molecule has 0 saturated carbocycles. The Kier molecular flexibility index (Phi) is 3.81. The summed E-state index contributed by atoms with van der Waals surface area (Å²) in [6.07, 6.45) is 1.12. The second-order valence-electron chi connectivity index (χ2n) is 5.03. The van der Waals surface area contributed by atoms with Crippen molar-refractivity contribution in [3.05, 3.63) is 52.5 Å². The van der Waals surface area contributed by atoms with Gasteiger partial charge in [-0.3, -0.25) is 0 Å². The molecule has 1 heterocycles. The standard InChI is InChI=1S/C16H16ClNOS/c1-10-2-4-13(18)8-16(10)20-9-14-7-11-6-12(17)3-5-15(11)19-14/h2-6,8,14H,7,9,18H2,1H3. The van der Waals surface area contributed by atoms with E-state index >= 15 is 0 Å². The van der Waals surface area contributed by atoms with E-state index in [9.17, 15) is 0 Å². The van der Waals surface area contributed by atoms with Crippen LogP contribution >= 0.6 is 23.4 Å². The van der Waals surface area contributed by atoms with Crippen LogP contribution in [0.4, 0.5) is 5.69 Å². The number of nitrogens with two attached hydrogens (primary N) is 1. The summed E-state index contributed by atoms with van der Waals surface area (Å²) in [5.74, 6) is 1.88. The van der Waals surface area contributed by atoms with E-state index in [0.717, 1.165) is 28.6 Å². The van der Waals surface area contributed by atoms with Gasteiger partial charge in [-0.25, -0.2) is 0 Å². The maximum atomic E-state index is 6.01. The number of benzene rings is 2. The van der Waals surface area contributed by atoms with Crippen molar-refractivity contribution >= 4 is 29.1 Å². The topological polar surface area (TPSA) is 35.2 Å². The van der Waals surface area contributed by atoms with Crippen LogP contribution in [0.3, 0.4) is 0 Å². The number of hydrogen-bond donors (Lipinski definition) is 1. The predicted octanol–water partition coefficient (Wildman–Crippen LogP) is 4.33. The molecule has 0 aromatic heterocycles. The number of rotatable bonds is 3. The normalized spacial score (nSPS) is 16.8. The van der Waals surface area contributed by atoms with Crippen LogP contribution in [0.1, 0.15) is 11.1 Å². The Morgan fingerprint density at radius 1 is 1.30 bits per heavy atom. The van der Waals surface area contributed by atoms with Gasteiger partial charge in [0.05, 0.1) is 0 Å². The summed E-state index contributed by atoms with van der Waals surface area (Å²) >= 11 is 7.80.